The van der Waals surface area contributed by atoms with Gasteiger partial charge in [-0.05, 0) is 11.6 Å². The van der Waals surface area contributed by atoms with Crippen molar-refractivity contribution < 1.29 is 18.0 Å². The fourth-order valence-corrected chi connectivity index (χ4v) is 1.05. The molecule has 0 bridgehead atoms. The fourth-order valence-electron chi connectivity index (χ4n) is 0.917. The van der Waals surface area contributed by atoms with Crippen LogP contribution in [0.2, 0.25) is 0 Å². The maximum atomic E-state index is 13.2. The molecule has 1 aromatic rings. The summed E-state index contributed by atoms with van der Waals surface area (Å²) < 4.78 is 37.7. The molecule has 1 aromatic heterocycles. The van der Waals surface area contributed by atoms with E-state index in [9.17, 15) is 18.0 Å². The number of rotatable bonds is 2. The summed E-state index contributed by atoms with van der Waals surface area (Å²) in [6.45, 7) is 0. The maximum Gasteiger partial charge on any atom is 0.273 e. The van der Waals surface area contributed by atoms with E-state index < -0.39 is 34.3 Å². The first-order valence-electron chi connectivity index (χ1n) is 3.55. The molecule has 78 valence electrons. The highest BCUT2D eigenvalue weighted by atomic mass is 35.5. The topological polar surface area (TPSA) is 53.8 Å². The van der Waals surface area contributed by atoms with Crippen LogP contribution in [0.1, 0.15) is 28.0 Å². The van der Waals surface area contributed by atoms with Gasteiger partial charge in [0.05, 0.1) is 5.56 Å². The van der Waals surface area contributed by atoms with E-state index in [0.717, 1.165) is 0 Å². The second-order valence-corrected chi connectivity index (χ2v) is 2.78. The van der Waals surface area contributed by atoms with Crippen molar-refractivity contribution in [3.05, 3.63) is 28.8 Å². The Kier molecular flexibility index (Phi) is 3.27. The number of aromatic nitrogens is 1. The van der Waals surface area contributed by atoms with Crippen LogP contribution in [-0.2, 0) is 0 Å². The Morgan fingerprint density at radius 2 is 2.20 bits per heavy atom. The number of hydrogen-bond donors (Lipinski definition) is 0. The Labute approximate surface area is 87.1 Å². The molecule has 1 heterocycles. The fraction of sp³-hybridized carbons (Fsp3) is 0.125. The molecule has 15 heavy (non-hydrogen) atoms. The van der Waals surface area contributed by atoms with E-state index >= 15 is 0 Å². The number of nitrogens with zero attached hydrogens (tertiary/aromatic N) is 2. The summed E-state index contributed by atoms with van der Waals surface area (Å²) in [6, 6.07) is 1.23. The summed E-state index contributed by atoms with van der Waals surface area (Å²) in [6.07, 6.45) is -2.48. The number of carbonyl (C=O) groups excluding carboxylic acids is 1. The van der Waals surface area contributed by atoms with E-state index in [1.54, 1.807) is 0 Å². The lowest BCUT2D eigenvalue weighted by atomic mass is 10.1. The van der Waals surface area contributed by atoms with Crippen molar-refractivity contribution in [3.63, 3.8) is 0 Å². The predicted molar refractivity (Wildman–Crippen MR) is 44.1 cm³/mol. The largest absolute Gasteiger partial charge is 0.274 e. The van der Waals surface area contributed by atoms with Gasteiger partial charge < -0.3 is 0 Å². The zero-order valence-corrected chi connectivity index (χ0v) is 7.73. The van der Waals surface area contributed by atoms with Gasteiger partial charge in [-0.15, -0.1) is 0 Å². The van der Waals surface area contributed by atoms with Crippen LogP contribution in [0.3, 0.4) is 0 Å². The quantitative estimate of drug-likeness (QED) is 0.739. The van der Waals surface area contributed by atoms with Crippen molar-refractivity contribution in [3.8, 4) is 6.07 Å². The predicted octanol–water partition coefficient (Wildman–Crippen LogP) is 2.41. The van der Waals surface area contributed by atoms with Crippen molar-refractivity contribution >= 4 is 16.8 Å². The van der Waals surface area contributed by atoms with Gasteiger partial charge in [0.25, 0.3) is 11.7 Å². The molecule has 3 nitrogen and oxygen atoms in total. The van der Waals surface area contributed by atoms with Crippen LogP contribution < -0.4 is 0 Å². The molecule has 0 saturated heterocycles. The molecule has 0 fully saturated rings. The molecule has 1 rings (SSSR count). The minimum absolute atomic E-state index is 0.557. The van der Waals surface area contributed by atoms with E-state index in [0.29, 0.717) is 6.20 Å². The van der Waals surface area contributed by atoms with Crippen molar-refractivity contribution in [2.45, 2.75) is 6.43 Å². The molecule has 0 aliphatic rings. The molecule has 0 aliphatic heterocycles. The molecule has 0 N–H and O–H groups in total. The number of pyridine rings is 1. The number of nitriles is 1. The average Bonchev–Trinajstić information content (AvgIpc) is 2.16. The Balaban J connectivity index is 3.48. The van der Waals surface area contributed by atoms with Crippen LogP contribution in [0.25, 0.3) is 0 Å². The highest BCUT2D eigenvalue weighted by Crippen LogP contribution is 2.25. The molecule has 0 atom stereocenters. The third-order valence-electron chi connectivity index (χ3n) is 1.58. The summed E-state index contributed by atoms with van der Waals surface area (Å²) in [5.41, 5.74) is -2.61. The Bertz CT molecular complexity index is 456. The van der Waals surface area contributed by atoms with Gasteiger partial charge in [0.1, 0.15) is 11.6 Å². The minimum atomic E-state index is -3.04. The SMILES string of the molecule is N#Cc1c(C(F)F)cnc(C(=O)Cl)c1F. The number of halogens is 4. The summed E-state index contributed by atoms with van der Waals surface area (Å²) in [5, 5.41) is 7.20. The second kappa shape index (κ2) is 4.28. The highest BCUT2D eigenvalue weighted by molar-refractivity contribution is 6.67. The third-order valence-corrected chi connectivity index (χ3v) is 1.76. The van der Waals surface area contributed by atoms with E-state index in [1.807, 2.05) is 0 Å². The smallest absolute Gasteiger partial charge is 0.273 e. The third kappa shape index (κ3) is 2.07. The molecule has 7 heteroatoms. The van der Waals surface area contributed by atoms with Crippen molar-refractivity contribution in [2.75, 3.05) is 0 Å². The summed E-state index contributed by atoms with van der Waals surface area (Å²) >= 11 is 4.93. The Morgan fingerprint density at radius 3 is 2.60 bits per heavy atom. The first kappa shape index (κ1) is 11.5. The van der Waals surface area contributed by atoms with Crippen molar-refractivity contribution in [1.29, 1.82) is 5.26 Å². The van der Waals surface area contributed by atoms with Gasteiger partial charge in [0.2, 0.25) is 0 Å². The van der Waals surface area contributed by atoms with E-state index in [1.165, 1.54) is 6.07 Å². The molecular formula is C8H2ClF3N2O. The highest BCUT2D eigenvalue weighted by Gasteiger charge is 2.22. The van der Waals surface area contributed by atoms with Crippen LogP contribution in [0.5, 0.6) is 0 Å². The van der Waals surface area contributed by atoms with Crippen LogP contribution in [-0.4, -0.2) is 10.2 Å². The van der Waals surface area contributed by atoms with Crippen molar-refractivity contribution in [2.24, 2.45) is 0 Å². The zero-order chi connectivity index (χ0) is 11.6. The van der Waals surface area contributed by atoms with Gasteiger partial charge in [0.15, 0.2) is 11.5 Å². The van der Waals surface area contributed by atoms with Crippen molar-refractivity contribution in [1.82, 2.24) is 4.98 Å². The number of alkyl halides is 2. The number of carbonyl (C=O) groups is 1. The molecule has 0 radical (unpaired) electrons. The molecule has 0 aromatic carbocycles. The van der Waals surface area contributed by atoms with Gasteiger partial charge in [0, 0.05) is 6.20 Å². The average molecular weight is 235 g/mol. The maximum absolute atomic E-state index is 13.2. The standard InChI is InChI=1S/C8H2ClF3N2O/c9-7(15)6-5(10)3(1-13)4(2-14-6)8(11)12/h2,8H. The summed E-state index contributed by atoms with van der Waals surface area (Å²) in [5.74, 6) is -1.42. The Hall–Kier alpha value is -1.61. The van der Waals surface area contributed by atoms with Gasteiger partial charge in [-0.25, -0.2) is 18.2 Å². The first-order chi connectivity index (χ1) is 6.99. The van der Waals surface area contributed by atoms with E-state index in [-0.39, 0.29) is 0 Å². The lowest BCUT2D eigenvalue weighted by Crippen LogP contribution is -2.05. The second-order valence-electron chi connectivity index (χ2n) is 2.44. The summed E-state index contributed by atoms with van der Waals surface area (Å²) in [7, 11) is 0. The van der Waals surface area contributed by atoms with Crippen LogP contribution in [0.15, 0.2) is 6.20 Å². The normalized spacial score (nSPS) is 10.1. The lowest BCUT2D eigenvalue weighted by Gasteiger charge is -2.04. The monoisotopic (exact) mass is 234 g/mol. The van der Waals surface area contributed by atoms with Gasteiger partial charge in [-0.1, -0.05) is 0 Å². The zero-order valence-electron chi connectivity index (χ0n) is 6.97. The van der Waals surface area contributed by atoms with Gasteiger partial charge >= 0.3 is 0 Å². The molecule has 0 amide bonds. The first-order valence-corrected chi connectivity index (χ1v) is 3.93. The van der Waals surface area contributed by atoms with E-state index in [4.69, 9.17) is 16.9 Å². The van der Waals surface area contributed by atoms with E-state index in [2.05, 4.69) is 4.98 Å². The lowest BCUT2D eigenvalue weighted by molar-refractivity contribution is 0.107. The minimum Gasteiger partial charge on any atom is -0.274 e. The van der Waals surface area contributed by atoms with Crippen LogP contribution in [0.4, 0.5) is 13.2 Å². The molecule has 0 aliphatic carbocycles. The molecule has 0 saturated carbocycles. The molecule has 0 unspecified atom stereocenters. The van der Waals surface area contributed by atoms with Crippen LogP contribution >= 0.6 is 11.6 Å². The number of hydrogen-bond acceptors (Lipinski definition) is 3. The van der Waals surface area contributed by atoms with Gasteiger partial charge in [-0.3, -0.25) is 4.79 Å². The van der Waals surface area contributed by atoms with Gasteiger partial charge in [-0.2, -0.15) is 5.26 Å². The molecule has 0 spiro atoms. The summed E-state index contributed by atoms with van der Waals surface area (Å²) in [4.78, 5) is 13.7. The van der Waals surface area contributed by atoms with Crippen LogP contribution in [0, 0.1) is 17.1 Å². The molecular weight excluding hydrogens is 233 g/mol. The Morgan fingerprint density at radius 1 is 1.60 bits per heavy atom.